The summed E-state index contributed by atoms with van der Waals surface area (Å²) in [6, 6.07) is 19.0. The van der Waals surface area contributed by atoms with Crippen molar-refractivity contribution in [1.29, 1.82) is 0 Å². The molecule has 0 unspecified atom stereocenters. The summed E-state index contributed by atoms with van der Waals surface area (Å²) >= 11 is 11.9. The number of halogens is 2. The van der Waals surface area contributed by atoms with Gasteiger partial charge in [-0.3, -0.25) is 14.6 Å². The zero-order valence-corrected chi connectivity index (χ0v) is 22.6. The number of ether oxygens (including phenoxy) is 1. The first kappa shape index (κ1) is 28.1. The normalized spacial score (nSPS) is 11.1. The van der Waals surface area contributed by atoms with Gasteiger partial charge in [0.25, 0.3) is 5.91 Å². The van der Waals surface area contributed by atoms with E-state index in [1.54, 1.807) is 54.6 Å². The van der Waals surface area contributed by atoms with Gasteiger partial charge in [0, 0.05) is 23.6 Å². The number of carbonyl (C=O) groups excluding carboxylic acids is 1. The molecule has 0 aliphatic carbocycles. The minimum atomic E-state index is -3.62. The maximum Gasteiger partial charge on any atom is 0.307 e. The molecule has 200 valence electrons. The van der Waals surface area contributed by atoms with Crippen molar-refractivity contribution in [2.24, 2.45) is 0 Å². The third-order valence-corrected chi connectivity index (χ3v) is 8.08. The molecule has 0 fully saturated rings. The second-order valence-electron chi connectivity index (χ2n) is 8.48. The van der Waals surface area contributed by atoms with Crippen LogP contribution < -0.4 is 10.1 Å². The maximum absolute atomic E-state index is 12.8. The molecule has 0 aliphatic rings. The minimum absolute atomic E-state index is 0.0951. The molecule has 0 spiro atoms. The number of rotatable bonds is 10. The van der Waals surface area contributed by atoms with E-state index in [2.05, 4.69) is 10.3 Å². The maximum atomic E-state index is 12.8. The first-order valence-corrected chi connectivity index (χ1v) is 14.0. The van der Waals surface area contributed by atoms with E-state index in [9.17, 15) is 23.1 Å². The first-order valence-electron chi connectivity index (χ1n) is 11.6. The van der Waals surface area contributed by atoms with Crippen molar-refractivity contribution in [3.05, 3.63) is 112 Å². The molecule has 0 bridgehead atoms. The number of hydrogen-bond acceptors (Lipinski definition) is 6. The van der Waals surface area contributed by atoms with Gasteiger partial charge in [-0.05, 0) is 78.2 Å². The van der Waals surface area contributed by atoms with E-state index < -0.39 is 15.8 Å². The monoisotopic (exact) mass is 584 g/mol. The number of nitrogens with zero attached hydrogens (tertiary/aromatic N) is 1. The molecule has 0 atom stereocenters. The zero-order chi connectivity index (χ0) is 28.0. The highest BCUT2D eigenvalue weighted by Gasteiger charge is 2.17. The Balaban J connectivity index is 1.50. The quantitative estimate of drug-likeness (QED) is 0.231. The minimum Gasteiger partial charge on any atom is -0.481 e. The van der Waals surface area contributed by atoms with Crippen LogP contribution in [0.15, 0.2) is 90.1 Å². The molecule has 39 heavy (non-hydrogen) atoms. The van der Waals surface area contributed by atoms with Gasteiger partial charge < -0.3 is 15.2 Å². The van der Waals surface area contributed by atoms with Gasteiger partial charge >= 0.3 is 5.97 Å². The Morgan fingerprint density at radius 3 is 2.38 bits per heavy atom. The van der Waals surface area contributed by atoms with E-state index in [1.165, 1.54) is 30.6 Å². The standard InChI is InChI=1S/C28H22Cl2N2O6S/c29-24-9-4-20(16-25(24)30)28(35)32-21-5-7-22(8-6-21)38-26-10-3-18(15-27(33)34)14-19(26)11-13-39(36,37)23-2-1-12-31-17-23/h1-10,12,14,16-17H,11,13,15H2,(H,32,35)(H,33,34). The third kappa shape index (κ3) is 7.57. The lowest BCUT2D eigenvalue weighted by Gasteiger charge is -2.14. The largest absolute Gasteiger partial charge is 0.481 e. The molecular formula is C28H22Cl2N2O6S. The van der Waals surface area contributed by atoms with Gasteiger partial charge in [-0.2, -0.15) is 0 Å². The number of carboxylic acids is 1. The summed E-state index contributed by atoms with van der Waals surface area (Å²) in [7, 11) is -3.62. The molecule has 8 nitrogen and oxygen atoms in total. The van der Waals surface area contributed by atoms with E-state index in [0.717, 1.165) is 0 Å². The van der Waals surface area contributed by atoms with Crippen LogP contribution in [0.4, 0.5) is 5.69 Å². The van der Waals surface area contributed by atoms with Crippen LogP contribution in [0.25, 0.3) is 0 Å². The van der Waals surface area contributed by atoms with Gasteiger partial charge in [0.2, 0.25) is 0 Å². The van der Waals surface area contributed by atoms with Gasteiger partial charge in [0.1, 0.15) is 11.5 Å². The average Bonchev–Trinajstić information content (AvgIpc) is 2.91. The molecular weight excluding hydrogens is 563 g/mol. The number of sulfone groups is 1. The second-order valence-corrected chi connectivity index (χ2v) is 11.4. The number of carboxylic acid groups (broad SMARTS) is 1. The van der Waals surface area contributed by atoms with Crippen LogP contribution in [-0.4, -0.2) is 36.1 Å². The van der Waals surface area contributed by atoms with E-state index in [0.29, 0.717) is 38.9 Å². The molecule has 4 aromatic rings. The van der Waals surface area contributed by atoms with E-state index in [1.807, 2.05) is 0 Å². The summed E-state index contributed by atoms with van der Waals surface area (Å²) in [6.07, 6.45) is 2.66. The lowest BCUT2D eigenvalue weighted by atomic mass is 10.1. The van der Waals surface area contributed by atoms with E-state index in [-0.39, 0.29) is 34.4 Å². The first-order chi connectivity index (χ1) is 18.6. The SMILES string of the molecule is O=C(O)Cc1ccc(Oc2ccc(NC(=O)c3ccc(Cl)c(Cl)c3)cc2)c(CCS(=O)(=O)c2cccnc2)c1. The number of amides is 1. The molecule has 0 saturated carbocycles. The molecule has 0 radical (unpaired) electrons. The molecule has 2 N–H and O–H groups in total. The number of pyridine rings is 1. The average molecular weight is 585 g/mol. The Labute approximate surface area is 235 Å². The predicted molar refractivity (Wildman–Crippen MR) is 149 cm³/mol. The Kier molecular flexibility index (Phi) is 8.86. The van der Waals surface area contributed by atoms with Crippen LogP contribution in [-0.2, 0) is 27.5 Å². The Morgan fingerprint density at radius 1 is 0.949 bits per heavy atom. The molecule has 1 amide bonds. The Bertz CT molecular complexity index is 1610. The van der Waals surface area contributed by atoms with Crippen LogP contribution in [0.5, 0.6) is 11.5 Å². The number of hydrogen-bond donors (Lipinski definition) is 2. The Morgan fingerprint density at radius 2 is 1.72 bits per heavy atom. The molecule has 3 aromatic carbocycles. The lowest BCUT2D eigenvalue weighted by Crippen LogP contribution is -2.11. The van der Waals surface area contributed by atoms with Crippen molar-refractivity contribution >= 4 is 50.6 Å². The van der Waals surface area contributed by atoms with Gasteiger partial charge in [0.05, 0.1) is 27.1 Å². The fourth-order valence-corrected chi connectivity index (χ4v) is 5.21. The molecule has 11 heteroatoms. The number of aliphatic carboxylic acids is 1. The highest BCUT2D eigenvalue weighted by molar-refractivity contribution is 7.91. The molecule has 4 rings (SSSR count). The van der Waals surface area contributed by atoms with Crippen LogP contribution >= 0.6 is 23.2 Å². The number of aromatic nitrogens is 1. The summed E-state index contributed by atoms with van der Waals surface area (Å²) < 4.78 is 31.6. The van der Waals surface area contributed by atoms with Gasteiger partial charge in [0.15, 0.2) is 9.84 Å². The summed E-state index contributed by atoms with van der Waals surface area (Å²) in [5.41, 5.74) is 1.91. The van der Waals surface area contributed by atoms with Crippen molar-refractivity contribution in [3.8, 4) is 11.5 Å². The molecule has 0 saturated heterocycles. The van der Waals surface area contributed by atoms with Crippen molar-refractivity contribution in [2.45, 2.75) is 17.7 Å². The fourth-order valence-electron chi connectivity index (χ4n) is 3.68. The number of carbonyl (C=O) groups is 2. The van der Waals surface area contributed by atoms with Gasteiger partial charge in [-0.15, -0.1) is 0 Å². The van der Waals surface area contributed by atoms with E-state index in [4.69, 9.17) is 27.9 Å². The van der Waals surface area contributed by atoms with Crippen LogP contribution in [0.2, 0.25) is 10.0 Å². The topological polar surface area (TPSA) is 123 Å². The highest BCUT2D eigenvalue weighted by atomic mass is 35.5. The summed E-state index contributed by atoms with van der Waals surface area (Å²) in [6.45, 7) is 0. The number of nitrogens with one attached hydrogen (secondary N) is 1. The van der Waals surface area contributed by atoms with Crippen molar-refractivity contribution < 1.29 is 27.9 Å². The Hall–Kier alpha value is -3.92. The third-order valence-electron chi connectivity index (χ3n) is 5.64. The van der Waals surface area contributed by atoms with Crippen molar-refractivity contribution in [1.82, 2.24) is 4.98 Å². The molecule has 0 aliphatic heterocycles. The van der Waals surface area contributed by atoms with E-state index >= 15 is 0 Å². The lowest BCUT2D eigenvalue weighted by molar-refractivity contribution is -0.136. The van der Waals surface area contributed by atoms with Gasteiger partial charge in [-0.25, -0.2) is 8.42 Å². The zero-order valence-electron chi connectivity index (χ0n) is 20.3. The fraction of sp³-hybridized carbons (Fsp3) is 0.107. The molecule has 1 aromatic heterocycles. The number of benzene rings is 3. The summed E-state index contributed by atoms with van der Waals surface area (Å²) in [4.78, 5) is 27.7. The number of anilines is 1. The van der Waals surface area contributed by atoms with Crippen molar-refractivity contribution in [3.63, 3.8) is 0 Å². The predicted octanol–water partition coefficient (Wildman–Crippen LogP) is 6.08. The number of aryl methyl sites for hydroxylation is 1. The van der Waals surface area contributed by atoms with Crippen molar-refractivity contribution in [2.75, 3.05) is 11.1 Å². The second kappa shape index (κ2) is 12.3. The van der Waals surface area contributed by atoms with Crippen LogP contribution in [0.1, 0.15) is 21.5 Å². The van der Waals surface area contributed by atoms with Crippen LogP contribution in [0.3, 0.4) is 0 Å². The summed E-state index contributed by atoms with van der Waals surface area (Å²) in [5.74, 6) is -0.766. The summed E-state index contributed by atoms with van der Waals surface area (Å²) in [5, 5.41) is 12.6. The smallest absolute Gasteiger partial charge is 0.307 e. The van der Waals surface area contributed by atoms with Crippen LogP contribution in [0, 0.1) is 0 Å². The highest BCUT2D eigenvalue weighted by Crippen LogP contribution is 2.29. The van der Waals surface area contributed by atoms with Gasteiger partial charge in [-0.1, -0.05) is 35.3 Å². The molecule has 1 heterocycles.